The lowest BCUT2D eigenvalue weighted by Crippen LogP contribution is -2.24. The molecule has 1 aromatic rings. The summed E-state index contributed by atoms with van der Waals surface area (Å²) in [7, 11) is 0. The van der Waals surface area contributed by atoms with E-state index in [1.165, 1.54) is 0 Å². The molecule has 1 amide bonds. The molecule has 0 aromatic heterocycles. The van der Waals surface area contributed by atoms with E-state index in [-0.39, 0.29) is 24.1 Å². The summed E-state index contributed by atoms with van der Waals surface area (Å²) in [6, 6.07) is 3.70. The molecule has 0 aliphatic heterocycles. The molecule has 16 heavy (non-hydrogen) atoms. The molecule has 0 unspecified atom stereocenters. The van der Waals surface area contributed by atoms with Gasteiger partial charge in [0.15, 0.2) is 0 Å². The minimum atomic E-state index is -0.276. The average Bonchev–Trinajstić information content (AvgIpc) is 2.76. The van der Waals surface area contributed by atoms with Crippen LogP contribution in [0.3, 0.4) is 0 Å². The molecule has 0 saturated carbocycles. The van der Waals surface area contributed by atoms with Crippen molar-refractivity contribution >= 4 is 17.5 Å². The Morgan fingerprint density at radius 1 is 1.44 bits per heavy atom. The van der Waals surface area contributed by atoms with Gasteiger partial charge in [-0.1, -0.05) is 12.1 Å². The molecular formula is C12H13ClFNO. The lowest BCUT2D eigenvalue weighted by atomic mass is 10.1. The molecule has 1 N–H and O–H groups in total. The molecule has 1 aromatic carbocycles. The molecular weight excluding hydrogens is 229 g/mol. The van der Waals surface area contributed by atoms with Crippen LogP contribution in [0.25, 0.3) is 0 Å². The van der Waals surface area contributed by atoms with Crippen molar-refractivity contribution in [1.82, 2.24) is 5.32 Å². The van der Waals surface area contributed by atoms with Gasteiger partial charge in [-0.05, 0) is 30.4 Å². The van der Waals surface area contributed by atoms with Crippen LogP contribution in [-0.2, 0) is 24.2 Å². The molecule has 4 heteroatoms. The Balaban J connectivity index is 2.14. The summed E-state index contributed by atoms with van der Waals surface area (Å²) in [5.41, 5.74) is 2.46. The second-order valence-electron chi connectivity index (χ2n) is 3.94. The van der Waals surface area contributed by atoms with E-state index < -0.39 is 0 Å². The molecule has 0 heterocycles. The number of benzene rings is 1. The van der Waals surface area contributed by atoms with E-state index in [4.69, 9.17) is 11.6 Å². The molecule has 1 aliphatic carbocycles. The Morgan fingerprint density at radius 2 is 2.25 bits per heavy atom. The molecule has 0 fully saturated rings. The summed E-state index contributed by atoms with van der Waals surface area (Å²) < 4.78 is 13.9. The lowest BCUT2D eigenvalue weighted by Gasteiger charge is -2.08. The van der Waals surface area contributed by atoms with Crippen molar-refractivity contribution in [2.24, 2.45) is 0 Å². The molecule has 0 radical (unpaired) electrons. The van der Waals surface area contributed by atoms with Gasteiger partial charge in [0.25, 0.3) is 0 Å². The Hall–Kier alpha value is -1.09. The van der Waals surface area contributed by atoms with Gasteiger partial charge >= 0.3 is 0 Å². The number of rotatable bonds is 3. The van der Waals surface area contributed by atoms with Crippen LogP contribution in [0.2, 0.25) is 0 Å². The first kappa shape index (κ1) is 11.4. The maximum Gasteiger partial charge on any atom is 0.235 e. The van der Waals surface area contributed by atoms with Crippen molar-refractivity contribution in [3.05, 3.63) is 34.6 Å². The zero-order chi connectivity index (χ0) is 11.5. The summed E-state index contributed by atoms with van der Waals surface area (Å²) in [5.74, 6) is -0.529. The van der Waals surface area contributed by atoms with Gasteiger partial charge in [-0.15, -0.1) is 11.6 Å². The standard InChI is InChI=1S/C12H13ClFNO/c13-6-11(16)15-7-9-5-4-8-2-1-3-10(8)12(9)14/h4-5H,1-3,6-7H2,(H,15,16). The van der Waals surface area contributed by atoms with E-state index in [2.05, 4.69) is 5.32 Å². The zero-order valence-electron chi connectivity index (χ0n) is 8.85. The van der Waals surface area contributed by atoms with Crippen LogP contribution in [-0.4, -0.2) is 11.8 Å². The number of amides is 1. The van der Waals surface area contributed by atoms with Crippen LogP contribution >= 0.6 is 11.6 Å². The fourth-order valence-corrected chi connectivity index (χ4v) is 2.14. The number of hydrogen-bond acceptors (Lipinski definition) is 1. The molecule has 0 saturated heterocycles. The van der Waals surface area contributed by atoms with E-state index >= 15 is 0 Å². The Kier molecular flexibility index (Phi) is 3.44. The first-order chi connectivity index (χ1) is 7.72. The van der Waals surface area contributed by atoms with E-state index in [0.717, 1.165) is 30.4 Å². The fourth-order valence-electron chi connectivity index (χ4n) is 2.05. The molecule has 1 aliphatic rings. The topological polar surface area (TPSA) is 29.1 Å². The quantitative estimate of drug-likeness (QED) is 0.808. The van der Waals surface area contributed by atoms with Crippen LogP contribution < -0.4 is 5.32 Å². The summed E-state index contributed by atoms with van der Waals surface area (Å²) in [6.45, 7) is 0.213. The minimum Gasteiger partial charge on any atom is -0.351 e. The zero-order valence-corrected chi connectivity index (χ0v) is 9.61. The maximum absolute atomic E-state index is 13.9. The summed E-state index contributed by atoms with van der Waals surface area (Å²) >= 11 is 5.35. The number of alkyl halides is 1. The number of carbonyl (C=O) groups is 1. The van der Waals surface area contributed by atoms with Gasteiger partial charge in [-0.25, -0.2) is 4.39 Å². The highest BCUT2D eigenvalue weighted by Gasteiger charge is 2.17. The highest BCUT2D eigenvalue weighted by Crippen LogP contribution is 2.26. The predicted octanol–water partition coefficient (Wildman–Crippen LogP) is 2.17. The van der Waals surface area contributed by atoms with Crippen LogP contribution in [0.15, 0.2) is 12.1 Å². The van der Waals surface area contributed by atoms with Crippen molar-refractivity contribution < 1.29 is 9.18 Å². The van der Waals surface area contributed by atoms with Crippen molar-refractivity contribution in [3.8, 4) is 0 Å². The molecule has 0 atom stereocenters. The SMILES string of the molecule is O=C(CCl)NCc1ccc2c(c1F)CCC2. The van der Waals surface area contributed by atoms with Crippen molar-refractivity contribution in [1.29, 1.82) is 0 Å². The lowest BCUT2D eigenvalue weighted by molar-refractivity contribution is -0.118. The maximum atomic E-state index is 13.9. The third-order valence-electron chi connectivity index (χ3n) is 2.89. The van der Waals surface area contributed by atoms with E-state index in [1.807, 2.05) is 6.07 Å². The Morgan fingerprint density at radius 3 is 3.00 bits per heavy atom. The summed E-state index contributed by atoms with van der Waals surface area (Å²) in [4.78, 5) is 11.0. The van der Waals surface area contributed by atoms with Crippen molar-refractivity contribution in [3.63, 3.8) is 0 Å². The third kappa shape index (κ3) is 2.19. The molecule has 0 spiro atoms. The third-order valence-corrected chi connectivity index (χ3v) is 3.13. The smallest absolute Gasteiger partial charge is 0.235 e. The number of nitrogens with one attached hydrogen (secondary N) is 1. The van der Waals surface area contributed by atoms with Crippen LogP contribution in [0, 0.1) is 5.82 Å². The molecule has 0 bridgehead atoms. The van der Waals surface area contributed by atoms with Crippen LogP contribution in [0.4, 0.5) is 4.39 Å². The van der Waals surface area contributed by atoms with Gasteiger partial charge in [0.05, 0.1) is 0 Å². The number of aryl methyl sites for hydroxylation is 1. The fraction of sp³-hybridized carbons (Fsp3) is 0.417. The number of halogens is 2. The highest BCUT2D eigenvalue weighted by atomic mass is 35.5. The second-order valence-corrected chi connectivity index (χ2v) is 4.21. The number of hydrogen-bond donors (Lipinski definition) is 1. The highest BCUT2D eigenvalue weighted by molar-refractivity contribution is 6.27. The van der Waals surface area contributed by atoms with E-state index in [9.17, 15) is 9.18 Å². The van der Waals surface area contributed by atoms with Crippen molar-refractivity contribution in [2.45, 2.75) is 25.8 Å². The predicted molar refractivity (Wildman–Crippen MR) is 61.0 cm³/mol. The second kappa shape index (κ2) is 4.83. The normalized spacial score (nSPS) is 13.6. The summed E-state index contributed by atoms with van der Waals surface area (Å²) in [5, 5.41) is 2.57. The first-order valence-electron chi connectivity index (χ1n) is 5.34. The number of fused-ring (bicyclic) bond motifs is 1. The van der Waals surface area contributed by atoms with Gasteiger partial charge in [0.1, 0.15) is 11.7 Å². The van der Waals surface area contributed by atoms with Gasteiger partial charge in [-0.2, -0.15) is 0 Å². The molecule has 86 valence electrons. The minimum absolute atomic E-state index is 0.0907. The molecule has 2 nitrogen and oxygen atoms in total. The van der Waals surface area contributed by atoms with Gasteiger partial charge < -0.3 is 5.32 Å². The Labute approximate surface area is 98.8 Å². The van der Waals surface area contributed by atoms with Gasteiger partial charge in [0.2, 0.25) is 5.91 Å². The number of carbonyl (C=O) groups excluding carboxylic acids is 1. The Bertz CT molecular complexity index is 420. The average molecular weight is 242 g/mol. The van der Waals surface area contributed by atoms with Gasteiger partial charge in [0, 0.05) is 12.1 Å². The van der Waals surface area contributed by atoms with Crippen LogP contribution in [0.5, 0.6) is 0 Å². The summed E-state index contributed by atoms with van der Waals surface area (Å²) in [6.07, 6.45) is 2.78. The monoisotopic (exact) mass is 241 g/mol. The van der Waals surface area contributed by atoms with E-state index in [0.29, 0.717) is 5.56 Å². The van der Waals surface area contributed by atoms with E-state index in [1.54, 1.807) is 6.07 Å². The first-order valence-corrected chi connectivity index (χ1v) is 5.87. The molecule has 2 rings (SSSR count). The largest absolute Gasteiger partial charge is 0.351 e. The van der Waals surface area contributed by atoms with Gasteiger partial charge in [-0.3, -0.25) is 4.79 Å². The van der Waals surface area contributed by atoms with Crippen molar-refractivity contribution in [2.75, 3.05) is 5.88 Å². The van der Waals surface area contributed by atoms with Crippen LogP contribution in [0.1, 0.15) is 23.1 Å².